The normalized spacial score (nSPS) is 13.5. The second-order valence-corrected chi connectivity index (χ2v) is 4.88. The van der Waals surface area contributed by atoms with Gasteiger partial charge < -0.3 is 20.8 Å². The van der Waals surface area contributed by atoms with E-state index in [0.717, 1.165) is 5.56 Å². The van der Waals surface area contributed by atoms with Gasteiger partial charge in [-0.1, -0.05) is 12.1 Å². The number of carboxylic acids is 1. The van der Waals surface area contributed by atoms with Crippen molar-refractivity contribution in [3.05, 3.63) is 28.2 Å². The Hall–Kier alpha value is -1.60. The van der Waals surface area contributed by atoms with Crippen LogP contribution in [0.5, 0.6) is 0 Å². The van der Waals surface area contributed by atoms with Crippen molar-refractivity contribution in [3.8, 4) is 0 Å². The monoisotopic (exact) mass is 330 g/mol. The van der Waals surface area contributed by atoms with E-state index in [-0.39, 0.29) is 0 Å². The van der Waals surface area contributed by atoms with Gasteiger partial charge in [0.15, 0.2) is 6.04 Å². The highest BCUT2D eigenvalue weighted by atomic mass is 79.9. The van der Waals surface area contributed by atoms with Crippen LogP contribution >= 0.6 is 15.9 Å². The number of benzene rings is 1. The van der Waals surface area contributed by atoms with E-state index in [0.29, 0.717) is 10.2 Å². The summed E-state index contributed by atoms with van der Waals surface area (Å²) >= 11 is 3.32. The molecule has 0 saturated carbocycles. The van der Waals surface area contributed by atoms with E-state index in [1.54, 1.807) is 12.1 Å². The number of hydrogen-bond donors (Lipinski definition) is 4. The molecule has 0 aromatic heterocycles. The van der Waals surface area contributed by atoms with E-state index in [4.69, 9.17) is 5.11 Å². The van der Waals surface area contributed by atoms with Crippen LogP contribution in [0.2, 0.25) is 0 Å². The summed E-state index contributed by atoms with van der Waals surface area (Å²) in [6.07, 6.45) is -1.19. The minimum absolute atomic E-state index is 0.521. The maximum Gasteiger partial charge on any atom is 0.328 e. The van der Waals surface area contributed by atoms with Gasteiger partial charge >= 0.3 is 12.0 Å². The lowest BCUT2D eigenvalue weighted by atomic mass is 10.2. The SMILES string of the molecule is Cc1cccc(NC(=O)N[C@H](C(=O)O)[C@@H](C)O)c1Br. The Bertz CT molecular complexity index is 491. The fourth-order valence-corrected chi connectivity index (χ4v) is 1.80. The second kappa shape index (κ2) is 6.53. The highest BCUT2D eigenvalue weighted by Crippen LogP contribution is 2.25. The number of rotatable bonds is 4. The van der Waals surface area contributed by atoms with Crippen molar-refractivity contribution in [1.82, 2.24) is 5.32 Å². The van der Waals surface area contributed by atoms with Gasteiger partial charge in [-0.05, 0) is 41.4 Å². The number of halogens is 1. The third-order valence-corrected chi connectivity index (χ3v) is 3.53. The first-order chi connectivity index (χ1) is 8.82. The van der Waals surface area contributed by atoms with Crippen LogP contribution in [0.4, 0.5) is 10.5 Å². The number of nitrogens with one attached hydrogen (secondary N) is 2. The number of carbonyl (C=O) groups excluding carboxylic acids is 1. The zero-order chi connectivity index (χ0) is 14.6. The summed E-state index contributed by atoms with van der Waals surface area (Å²) < 4.78 is 0.717. The van der Waals surface area contributed by atoms with Gasteiger partial charge in [0.2, 0.25) is 0 Å². The molecule has 0 radical (unpaired) electrons. The van der Waals surface area contributed by atoms with Crippen molar-refractivity contribution in [2.75, 3.05) is 5.32 Å². The molecule has 19 heavy (non-hydrogen) atoms. The Morgan fingerprint density at radius 2 is 2.00 bits per heavy atom. The standard InChI is InChI=1S/C12H15BrN2O4/c1-6-4-3-5-8(9(6)13)14-12(19)15-10(7(2)16)11(17)18/h3-5,7,10,16H,1-2H3,(H,17,18)(H2,14,15,19)/t7-,10+/m1/s1. The number of carbonyl (C=O) groups is 2. The fraction of sp³-hybridized carbons (Fsp3) is 0.333. The van der Waals surface area contributed by atoms with Crippen LogP contribution in [0.3, 0.4) is 0 Å². The largest absolute Gasteiger partial charge is 0.480 e. The van der Waals surface area contributed by atoms with E-state index in [9.17, 15) is 14.7 Å². The number of aliphatic carboxylic acids is 1. The number of anilines is 1. The minimum Gasteiger partial charge on any atom is -0.480 e. The summed E-state index contributed by atoms with van der Waals surface area (Å²) in [5.74, 6) is -1.30. The number of aliphatic hydroxyl groups is 1. The van der Waals surface area contributed by atoms with E-state index >= 15 is 0 Å². The van der Waals surface area contributed by atoms with Crippen LogP contribution in [0, 0.1) is 6.92 Å². The van der Waals surface area contributed by atoms with Crippen LogP contribution in [0.1, 0.15) is 12.5 Å². The van der Waals surface area contributed by atoms with E-state index < -0.39 is 24.1 Å². The Morgan fingerprint density at radius 3 is 2.53 bits per heavy atom. The Morgan fingerprint density at radius 1 is 1.37 bits per heavy atom. The topological polar surface area (TPSA) is 98.7 Å². The molecule has 0 heterocycles. The number of urea groups is 1. The van der Waals surface area contributed by atoms with Crippen LogP contribution in [-0.2, 0) is 4.79 Å². The summed E-state index contributed by atoms with van der Waals surface area (Å²) in [6.45, 7) is 3.16. The molecule has 4 N–H and O–H groups in total. The molecule has 2 amide bonds. The Balaban J connectivity index is 2.75. The molecule has 2 atom stereocenters. The number of aryl methyl sites for hydroxylation is 1. The maximum atomic E-state index is 11.7. The highest BCUT2D eigenvalue weighted by Gasteiger charge is 2.25. The highest BCUT2D eigenvalue weighted by molar-refractivity contribution is 9.10. The molecular formula is C12H15BrN2O4. The van der Waals surface area contributed by atoms with E-state index in [1.807, 2.05) is 13.0 Å². The number of carboxylic acid groups (broad SMARTS) is 1. The van der Waals surface area contributed by atoms with Gasteiger partial charge in [-0.3, -0.25) is 0 Å². The summed E-state index contributed by atoms with van der Waals surface area (Å²) in [5, 5.41) is 22.8. The van der Waals surface area contributed by atoms with Gasteiger partial charge in [0.25, 0.3) is 0 Å². The number of hydrogen-bond acceptors (Lipinski definition) is 3. The molecule has 1 aromatic carbocycles. The lowest BCUT2D eigenvalue weighted by Gasteiger charge is -2.18. The Kier molecular flexibility index (Phi) is 5.31. The zero-order valence-electron chi connectivity index (χ0n) is 10.5. The van der Waals surface area contributed by atoms with Crippen LogP contribution in [-0.4, -0.2) is 34.4 Å². The lowest BCUT2D eigenvalue weighted by Crippen LogP contribution is -2.49. The van der Waals surface area contributed by atoms with Crippen molar-refractivity contribution in [3.63, 3.8) is 0 Å². The van der Waals surface area contributed by atoms with Gasteiger partial charge in [-0.2, -0.15) is 0 Å². The fourth-order valence-electron chi connectivity index (χ4n) is 1.43. The zero-order valence-corrected chi connectivity index (χ0v) is 12.1. The van der Waals surface area contributed by atoms with Crippen LogP contribution in [0.25, 0.3) is 0 Å². The number of aliphatic hydroxyl groups excluding tert-OH is 1. The third-order valence-electron chi connectivity index (χ3n) is 2.48. The van der Waals surface area contributed by atoms with Crippen molar-refractivity contribution in [2.45, 2.75) is 26.0 Å². The molecule has 104 valence electrons. The summed E-state index contributed by atoms with van der Waals surface area (Å²) in [7, 11) is 0. The van der Waals surface area contributed by atoms with E-state index in [2.05, 4.69) is 26.6 Å². The smallest absolute Gasteiger partial charge is 0.328 e. The predicted molar refractivity (Wildman–Crippen MR) is 74.1 cm³/mol. The molecule has 0 fully saturated rings. The Labute approximate surface area is 118 Å². The number of amides is 2. The minimum atomic E-state index is -1.36. The molecule has 0 saturated heterocycles. The molecular weight excluding hydrogens is 316 g/mol. The molecule has 6 nitrogen and oxygen atoms in total. The van der Waals surface area contributed by atoms with Gasteiger partial charge in [0, 0.05) is 4.47 Å². The summed E-state index contributed by atoms with van der Waals surface area (Å²) in [6, 6.07) is 3.25. The first-order valence-electron chi connectivity index (χ1n) is 5.56. The van der Waals surface area contributed by atoms with Gasteiger partial charge in [-0.25, -0.2) is 9.59 Å². The lowest BCUT2D eigenvalue weighted by molar-refractivity contribution is -0.141. The van der Waals surface area contributed by atoms with Crippen LogP contribution < -0.4 is 10.6 Å². The summed E-state index contributed by atoms with van der Waals surface area (Å²) in [5.41, 5.74) is 1.45. The second-order valence-electron chi connectivity index (χ2n) is 4.09. The quantitative estimate of drug-likeness (QED) is 0.675. The van der Waals surface area contributed by atoms with Gasteiger partial charge in [0.1, 0.15) is 0 Å². The van der Waals surface area contributed by atoms with Gasteiger partial charge in [0.05, 0.1) is 11.8 Å². The van der Waals surface area contributed by atoms with Crippen LogP contribution in [0.15, 0.2) is 22.7 Å². The van der Waals surface area contributed by atoms with Crippen molar-refractivity contribution in [1.29, 1.82) is 0 Å². The molecule has 0 aliphatic rings. The molecule has 7 heteroatoms. The third kappa shape index (κ3) is 4.22. The predicted octanol–water partition coefficient (Wildman–Crippen LogP) is 1.71. The molecule has 0 spiro atoms. The average Bonchev–Trinajstić information content (AvgIpc) is 2.31. The molecule has 1 aromatic rings. The van der Waals surface area contributed by atoms with Crippen molar-refractivity contribution in [2.24, 2.45) is 0 Å². The van der Waals surface area contributed by atoms with Gasteiger partial charge in [-0.15, -0.1) is 0 Å². The molecule has 0 aliphatic heterocycles. The first-order valence-corrected chi connectivity index (χ1v) is 6.35. The first kappa shape index (κ1) is 15.5. The molecule has 0 aliphatic carbocycles. The molecule has 1 rings (SSSR count). The molecule has 0 bridgehead atoms. The van der Waals surface area contributed by atoms with E-state index in [1.165, 1.54) is 6.92 Å². The van der Waals surface area contributed by atoms with Crippen molar-refractivity contribution >= 4 is 33.6 Å². The maximum absolute atomic E-state index is 11.7. The summed E-state index contributed by atoms with van der Waals surface area (Å²) in [4.78, 5) is 22.5. The molecule has 0 unspecified atom stereocenters. The van der Waals surface area contributed by atoms with Crippen molar-refractivity contribution < 1.29 is 19.8 Å². The average molecular weight is 331 g/mol.